The van der Waals surface area contributed by atoms with Crippen molar-refractivity contribution in [2.45, 2.75) is 25.8 Å². The Hall–Kier alpha value is -0.260. The second-order valence-electron chi connectivity index (χ2n) is 2.91. The minimum atomic E-state index is -2.36. The summed E-state index contributed by atoms with van der Waals surface area (Å²) < 4.78 is 27.8. The highest BCUT2D eigenvalue weighted by Crippen LogP contribution is 1.93. The zero-order valence-corrected chi connectivity index (χ0v) is 7.93. The van der Waals surface area contributed by atoms with Crippen molar-refractivity contribution in [3.8, 4) is 0 Å². The van der Waals surface area contributed by atoms with Crippen molar-refractivity contribution in [1.29, 1.82) is 0 Å². The summed E-state index contributed by atoms with van der Waals surface area (Å²) in [5.41, 5.74) is 5.36. The minimum absolute atomic E-state index is 0.273. The van der Waals surface area contributed by atoms with Crippen molar-refractivity contribution in [3.63, 3.8) is 0 Å². The van der Waals surface area contributed by atoms with Gasteiger partial charge in [0.05, 0.1) is 0 Å². The highest BCUT2D eigenvalue weighted by atomic mass is 19.3. The van der Waals surface area contributed by atoms with Gasteiger partial charge in [0.1, 0.15) is 6.61 Å². The first-order valence-corrected chi connectivity index (χ1v) is 4.46. The van der Waals surface area contributed by atoms with Crippen molar-refractivity contribution < 1.29 is 13.5 Å². The van der Waals surface area contributed by atoms with Crippen LogP contribution in [0.2, 0.25) is 0 Å². The number of alkyl halides is 2. The van der Waals surface area contributed by atoms with Gasteiger partial charge in [0.15, 0.2) is 0 Å². The Morgan fingerprint density at radius 2 is 2.15 bits per heavy atom. The summed E-state index contributed by atoms with van der Waals surface area (Å²) in [7, 11) is 0. The Morgan fingerprint density at radius 3 is 2.69 bits per heavy atom. The van der Waals surface area contributed by atoms with Crippen molar-refractivity contribution in [1.82, 2.24) is 5.32 Å². The molecule has 80 valence electrons. The molecule has 0 fully saturated rings. The molecule has 0 bridgehead atoms. The van der Waals surface area contributed by atoms with Gasteiger partial charge >= 0.3 is 0 Å². The molecule has 0 aromatic heterocycles. The van der Waals surface area contributed by atoms with Crippen LogP contribution in [-0.4, -0.2) is 38.8 Å². The summed E-state index contributed by atoms with van der Waals surface area (Å²) in [4.78, 5) is 0. The zero-order valence-electron chi connectivity index (χ0n) is 7.93. The number of hydrogen-bond donors (Lipinski definition) is 2. The number of ether oxygens (including phenoxy) is 1. The monoisotopic (exact) mass is 196 g/mol. The average Bonchev–Trinajstić information content (AvgIpc) is 2.10. The Balaban J connectivity index is 2.99. The van der Waals surface area contributed by atoms with E-state index in [9.17, 15) is 8.78 Å². The normalized spacial score (nSPS) is 13.6. The van der Waals surface area contributed by atoms with Crippen molar-refractivity contribution in [2.24, 2.45) is 5.73 Å². The van der Waals surface area contributed by atoms with Gasteiger partial charge in [-0.2, -0.15) is 0 Å². The minimum Gasteiger partial charge on any atom is -0.375 e. The van der Waals surface area contributed by atoms with Crippen LogP contribution >= 0.6 is 0 Å². The molecule has 3 nitrogen and oxygen atoms in total. The Morgan fingerprint density at radius 1 is 1.46 bits per heavy atom. The first-order valence-electron chi connectivity index (χ1n) is 4.46. The molecule has 0 heterocycles. The van der Waals surface area contributed by atoms with Gasteiger partial charge in [-0.1, -0.05) is 0 Å². The molecule has 0 saturated carbocycles. The van der Waals surface area contributed by atoms with E-state index in [1.807, 2.05) is 6.92 Å². The van der Waals surface area contributed by atoms with Crippen molar-refractivity contribution in [2.75, 3.05) is 26.3 Å². The molecule has 5 heteroatoms. The standard InChI is InChI=1S/C8H18F2N2O/c1-7(5-11)12-3-2-4-13-6-8(9)10/h7-8,12H,2-6,11H2,1H3/t7-/m1/s1. The Labute approximate surface area is 77.6 Å². The number of hydrogen-bond acceptors (Lipinski definition) is 3. The predicted molar refractivity (Wildman–Crippen MR) is 48.0 cm³/mol. The summed E-state index contributed by atoms with van der Waals surface area (Å²) in [6, 6.07) is 0.273. The molecule has 0 radical (unpaired) electrons. The van der Waals surface area contributed by atoms with E-state index in [1.165, 1.54) is 0 Å². The number of nitrogens with two attached hydrogens (primary N) is 1. The Bertz CT molecular complexity index is 114. The maximum Gasteiger partial charge on any atom is 0.261 e. The first kappa shape index (κ1) is 12.7. The third-order valence-electron chi connectivity index (χ3n) is 1.56. The van der Waals surface area contributed by atoms with Gasteiger partial charge in [-0.05, 0) is 19.9 Å². The fraction of sp³-hybridized carbons (Fsp3) is 1.00. The topological polar surface area (TPSA) is 47.3 Å². The molecular formula is C8H18F2N2O. The van der Waals surface area contributed by atoms with Gasteiger partial charge in [-0.25, -0.2) is 8.78 Å². The molecule has 1 atom stereocenters. The fourth-order valence-corrected chi connectivity index (χ4v) is 0.778. The van der Waals surface area contributed by atoms with E-state index in [1.54, 1.807) is 0 Å². The molecule has 13 heavy (non-hydrogen) atoms. The van der Waals surface area contributed by atoms with Crippen LogP contribution in [0.25, 0.3) is 0 Å². The second-order valence-corrected chi connectivity index (χ2v) is 2.91. The molecule has 0 aliphatic rings. The van der Waals surface area contributed by atoms with Crippen LogP contribution in [0.1, 0.15) is 13.3 Å². The number of halogens is 2. The van der Waals surface area contributed by atoms with E-state index >= 15 is 0 Å². The molecule has 0 aromatic rings. The molecule has 0 saturated heterocycles. The molecule has 0 aliphatic heterocycles. The van der Waals surface area contributed by atoms with E-state index in [-0.39, 0.29) is 6.04 Å². The lowest BCUT2D eigenvalue weighted by Gasteiger charge is -2.10. The molecule has 3 N–H and O–H groups in total. The van der Waals surface area contributed by atoms with Gasteiger partial charge < -0.3 is 15.8 Å². The molecule has 0 spiro atoms. The lowest BCUT2D eigenvalue weighted by atomic mass is 10.3. The molecule has 0 aliphatic carbocycles. The van der Waals surface area contributed by atoms with Crippen LogP contribution in [0, 0.1) is 0 Å². The quantitative estimate of drug-likeness (QED) is 0.559. The summed E-state index contributed by atoms with van der Waals surface area (Å²) in [6.07, 6.45) is -1.63. The molecule has 0 amide bonds. The maximum atomic E-state index is 11.6. The van der Waals surface area contributed by atoms with Crippen molar-refractivity contribution in [3.05, 3.63) is 0 Å². The third kappa shape index (κ3) is 9.66. The van der Waals surface area contributed by atoms with Crippen LogP contribution < -0.4 is 11.1 Å². The molecule has 0 aromatic carbocycles. The molecule has 0 rings (SSSR count). The van der Waals surface area contributed by atoms with Gasteiger partial charge in [-0.3, -0.25) is 0 Å². The van der Waals surface area contributed by atoms with E-state index in [0.29, 0.717) is 13.2 Å². The third-order valence-corrected chi connectivity index (χ3v) is 1.56. The van der Waals surface area contributed by atoms with Crippen molar-refractivity contribution >= 4 is 0 Å². The van der Waals surface area contributed by atoms with Crippen LogP contribution in [0.4, 0.5) is 8.78 Å². The van der Waals surface area contributed by atoms with Gasteiger partial charge in [0.25, 0.3) is 6.43 Å². The lowest BCUT2D eigenvalue weighted by molar-refractivity contribution is 0.0167. The predicted octanol–water partition coefficient (Wildman–Crippen LogP) is 0.595. The zero-order chi connectivity index (χ0) is 10.1. The smallest absolute Gasteiger partial charge is 0.261 e. The van der Waals surface area contributed by atoms with Gasteiger partial charge in [0, 0.05) is 19.2 Å². The van der Waals surface area contributed by atoms with Crippen LogP contribution in [0.15, 0.2) is 0 Å². The summed E-state index contributed by atoms with van der Waals surface area (Å²) >= 11 is 0. The summed E-state index contributed by atoms with van der Waals surface area (Å²) in [6.45, 7) is 3.21. The summed E-state index contributed by atoms with van der Waals surface area (Å²) in [5.74, 6) is 0. The van der Waals surface area contributed by atoms with E-state index in [0.717, 1.165) is 13.0 Å². The second kappa shape index (κ2) is 8.34. The van der Waals surface area contributed by atoms with E-state index in [4.69, 9.17) is 5.73 Å². The number of rotatable bonds is 8. The molecule has 0 unspecified atom stereocenters. The fourth-order valence-electron chi connectivity index (χ4n) is 0.778. The Kier molecular flexibility index (Phi) is 8.18. The van der Waals surface area contributed by atoms with Crippen LogP contribution in [-0.2, 0) is 4.74 Å². The van der Waals surface area contributed by atoms with Gasteiger partial charge in [0.2, 0.25) is 0 Å². The first-order chi connectivity index (χ1) is 6.16. The maximum absolute atomic E-state index is 11.6. The highest BCUT2D eigenvalue weighted by molar-refractivity contribution is 4.59. The largest absolute Gasteiger partial charge is 0.375 e. The molecular weight excluding hydrogens is 178 g/mol. The SMILES string of the molecule is C[C@H](CN)NCCCOCC(F)F. The highest BCUT2D eigenvalue weighted by Gasteiger charge is 2.01. The van der Waals surface area contributed by atoms with Crippen LogP contribution in [0.5, 0.6) is 0 Å². The summed E-state index contributed by atoms with van der Waals surface area (Å²) in [5, 5.41) is 3.13. The van der Waals surface area contributed by atoms with Crippen LogP contribution in [0.3, 0.4) is 0 Å². The average molecular weight is 196 g/mol. The van der Waals surface area contributed by atoms with E-state index < -0.39 is 13.0 Å². The van der Waals surface area contributed by atoms with Gasteiger partial charge in [-0.15, -0.1) is 0 Å². The number of nitrogens with one attached hydrogen (secondary N) is 1. The lowest BCUT2D eigenvalue weighted by Crippen LogP contribution is -2.34. The van der Waals surface area contributed by atoms with E-state index in [2.05, 4.69) is 10.1 Å².